The van der Waals surface area contributed by atoms with Gasteiger partial charge in [0, 0.05) is 32.7 Å². The molecule has 0 amide bonds. The number of nitrogens with zero attached hydrogens (tertiary/aromatic N) is 4. The standard InChI is InChI=1S/C23H40N6/c1-3-24-23(25-12-17-28-14-9-13-27(2)18-19-28)26-20-22(29-15-7-8-16-29)21-10-5-4-6-11-21/h4-6,10-11,22H,3,7-9,12-20H2,1-2H3,(H2,24,25,26). The van der Waals surface area contributed by atoms with E-state index in [0.717, 1.165) is 38.7 Å². The fourth-order valence-corrected chi connectivity index (χ4v) is 4.34. The molecule has 2 aliphatic rings. The Morgan fingerprint density at radius 3 is 2.52 bits per heavy atom. The molecule has 6 nitrogen and oxygen atoms in total. The van der Waals surface area contributed by atoms with Crippen LogP contribution in [0.4, 0.5) is 0 Å². The number of likely N-dealkylation sites (tertiary alicyclic amines) is 1. The highest BCUT2D eigenvalue weighted by Gasteiger charge is 2.23. The molecule has 2 saturated heterocycles. The zero-order valence-corrected chi connectivity index (χ0v) is 18.4. The predicted octanol–water partition coefficient (Wildman–Crippen LogP) is 2.02. The summed E-state index contributed by atoms with van der Waals surface area (Å²) in [4.78, 5) is 12.6. The predicted molar refractivity (Wildman–Crippen MR) is 123 cm³/mol. The van der Waals surface area contributed by atoms with Crippen LogP contribution in [0, 0.1) is 0 Å². The molecule has 1 aromatic carbocycles. The monoisotopic (exact) mass is 400 g/mol. The molecule has 1 unspecified atom stereocenters. The van der Waals surface area contributed by atoms with Gasteiger partial charge in [-0.15, -0.1) is 0 Å². The molecule has 2 N–H and O–H groups in total. The summed E-state index contributed by atoms with van der Waals surface area (Å²) in [5.41, 5.74) is 1.38. The summed E-state index contributed by atoms with van der Waals surface area (Å²) < 4.78 is 0. The van der Waals surface area contributed by atoms with Crippen molar-refractivity contribution in [2.24, 2.45) is 4.99 Å². The molecular formula is C23H40N6. The Kier molecular flexibility index (Phi) is 9.25. The summed E-state index contributed by atoms with van der Waals surface area (Å²) in [5.74, 6) is 0.944. The minimum atomic E-state index is 0.371. The van der Waals surface area contributed by atoms with Gasteiger partial charge in [0.25, 0.3) is 0 Å². The van der Waals surface area contributed by atoms with Crippen molar-refractivity contribution in [1.82, 2.24) is 25.3 Å². The van der Waals surface area contributed by atoms with Gasteiger partial charge in [0.2, 0.25) is 0 Å². The lowest BCUT2D eigenvalue weighted by molar-refractivity contribution is 0.251. The number of nitrogens with one attached hydrogen (secondary N) is 2. The molecule has 0 aliphatic carbocycles. The van der Waals surface area contributed by atoms with Gasteiger partial charge in [0.05, 0.1) is 12.6 Å². The first-order valence-corrected chi connectivity index (χ1v) is 11.5. The number of likely N-dealkylation sites (N-methyl/N-ethyl adjacent to an activating group) is 1. The van der Waals surface area contributed by atoms with E-state index >= 15 is 0 Å². The molecule has 2 heterocycles. The average molecular weight is 401 g/mol. The van der Waals surface area contributed by atoms with E-state index in [1.165, 1.54) is 57.5 Å². The zero-order valence-electron chi connectivity index (χ0n) is 18.4. The van der Waals surface area contributed by atoms with Gasteiger partial charge in [0.1, 0.15) is 0 Å². The molecule has 0 bridgehead atoms. The number of hydrogen-bond acceptors (Lipinski definition) is 4. The molecule has 0 radical (unpaired) electrons. The van der Waals surface area contributed by atoms with Crippen LogP contribution in [0.1, 0.15) is 37.8 Å². The maximum Gasteiger partial charge on any atom is 0.191 e. The number of aliphatic imine (C=N–C) groups is 1. The molecule has 3 rings (SSSR count). The molecule has 0 saturated carbocycles. The van der Waals surface area contributed by atoms with Crippen molar-refractivity contribution in [3.63, 3.8) is 0 Å². The molecule has 162 valence electrons. The van der Waals surface area contributed by atoms with Crippen molar-refractivity contribution in [3.05, 3.63) is 35.9 Å². The summed E-state index contributed by atoms with van der Waals surface area (Å²) in [6, 6.07) is 11.2. The minimum absolute atomic E-state index is 0.371. The van der Waals surface area contributed by atoms with Crippen LogP contribution in [-0.2, 0) is 0 Å². The van der Waals surface area contributed by atoms with Gasteiger partial charge in [-0.3, -0.25) is 9.89 Å². The van der Waals surface area contributed by atoms with Crippen molar-refractivity contribution >= 4 is 5.96 Å². The normalized spacial score (nSPS) is 21.1. The second-order valence-electron chi connectivity index (χ2n) is 8.31. The van der Waals surface area contributed by atoms with Crippen molar-refractivity contribution in [3.8, 4) is 0 Å². The van der Waals surface area contributed by atoms with Crippen LogP contribution < -0.4 is 10.6 Å². The Hall–Kier alpha value is -1.63. The molecule has 1 aromatic rings. The third kappa shape index (κ3) is 7.28. The maximum absolute atomic E-state index is 4.97. The van der Waals surface area contributed by atoms with E-state index in [1.54, 1.807) is 0 Å². The lowest BCUT2D eigenvalue weighted by Gasteiger charge is -2.27. The Balaban J connectivity index is 1.55. The van der Waals surface area contributed by atoms with E-state index in [1.807, 2.05) is 0 Å². The molecule has 1 atom stereocenters. The Morgan fingerprint density at radius 1 is 0.966 bits per heavy atom. The van der Waals surface area contributed by atoms with E-state index < -0.39 is 0 Å². The smallest absolute Gasteiger partial charge is 0.191 e. The third-order valence-corrected chi connectivity index (χ3v) is 6.06. The molecular weight excluding hydrogens is 360 g/mol. The second kappa shape index (κ2) is 12.2. The van der Waals surface area contributed by atoms with Gasteiger partial charge >= 0.3 is 0 Å². The number of guanidine groups is 1. The topological polar surface area (TPSA) is 46.1 Å². The first kappa shape index (κ1) is 22.1. The number of hydrogen-bond donors (Lipinski definition) is 2. The van der Waals surface area contributed by atoms with E-state index in [4.69, 9.17) is 4.99 Å². The molecule has 29 heavy (non-hydrogen) atoms. The fourth-order valence-electron chi connectivity index (χ4n) is 4.34. The Labute approximate surface area is 177 Å². The van der Waals surface area contributed by atoms with Crippen molar-refractivity contribution < 1.29 is 0 Å². The number of benzene rings is 1. The summed E-state index contributed by atoms with van der Waals surface area (Å²) in [7, 11) is 2.22. The van der Waals surface area contributed by atoms with Crippen LogP contribution >= 0.6 is 0 Å². The second-order valence-corrected chi connectivity index (χ2v) is 8.31. The highest BCUT2D eigenvalue weighted by Crippen LogP contribution is 2.25. The summed E-state index contributed by atoms with van der Waals surface area (Å²) in [5, 5.41) is 6.99. The minimum Gasteiger partial charge on any atom is -0.357 e. The maximum atomic E-state index is 4.97. The largest absolute Gasteiger partial charge is 0.357 e. The van der Waals surface area contributed by atoms with Crippen LogP contribution in [0.3, 0.4) is 0 Å². The van der Waals surface area contributed by atoms with E-state index in [0.29, 0.717) is 6.04 Å². The summed E-state index contributed by atoms with van der Waals surface area (Å²) in [6.45, 7) is 13.0. The highest BCUT2D eigenvalue weighted by molar-refractivity contribution is 5.79. The lowest BCUT2D eigenvalue weighted by Crippen LogP contribution is -2.42. The SMILES string of the molecule is CCNC(=NCC(c1ccccc1)N1CCCC1)NCCN1CCCN(C)CC1. The average Bonchev–Trinajstić information content (AvgIpc) is 3.19. The van der Waals surface area contributed by atoms with Crippen molar-refractivity contribution in [2.45, 2.75) is 32.2 Å². The molecule has 2 fully saturated rings. The number of rotatable bonds is 8. The van der Waals surface area contributed by atoms with Gasteiger partial charge in [0.15, 0.2) is 5.96 Å². The first-order chi connectivity index (χ1) is 14.3. The fraction of sp³-hybridized carbons (Fsp3) is 0.696. The molecule has 6 heteroatoms. The molecule has 2 aliphatic heterocycles. The van der Waals surface area contributed by atoms with Crippen LogP contribution in [0.2, 0.25) is 0 Å². The van der Waals surface area contributed by atoms with Gasteiger partial charge in [-0.1, -0.05) is 30.3 Å². The van der Waals surface area contributed by atoms with Crippen molar-refractivity contribution in [1.29, 1.82) is 0 Å². The van der Waals surface area contributed by atoms with Gasteiger partial charge in [-0.2, -0.15) is 0 Å². The zero-order chi connectivity index (χ0) is 20.3. The Bertz CT molecular complexity index is 599. The first-order valence-electron chi connectivity index (χ1n) is 11.5. The van der Waals surface area contributed by atoms with Crippen molar-refractivity contribution in [2.75, 3.05) is 72.5 Å². The summed E-state index contributed by atoms with van der Waals surface area (Å²) >= 11 is 0. The van der Waals surface area contributed by atoms with E-state index in [9.17, 15) is 0 Å². The van der Waals surface area contributed by atoms with E-state index in [2.05, 4.69) is 69.6 Å². The molecule has 0 aromatic heterocycles. The van der Waals surface area contributed by atoms with Gasteiger partial charge < -0.3 is 20.4 Å². The van der Waals surface area contributed by atoms with Gasteiger partial charge in [-0.05, 0) is 65.0 Å². The quantitative estimate of drug-likeness (QED) is 0.516. The van der Waals surface area contributed by atoms with Gasteiger partial charge in [-0.25, -0.2) is 0 Å². The third-order valence-electron chi connectivity index (χ3n) is 6.06. The van der Waals surface area contributed by atoms with Crippen LogP contribution in [0.5, 0.6) is 0 Å². The highest BCUT2D eigenvalue weighted by atomic mass is 15.2. The lowest BCUT2D eigenvalue weighted by atomic mass is 10.1. The summed E-state index contributed by atoms with van der Waals surface area (Å²) in [6.07, 6.45) is 3.87. The van der Waals surface area contributed by atoms with Crippen LogP contribution in [0.15, 0.2) is 35.3 Å². The van der Waals surface area contributed by atoms with E-state index in [-0.39, 0.29) is 0 Å². The van der Waals surface area contributed by atoms with Crippen LogP contribution in [0.25, 0.3) is 0 Å². The molecule has 0 spiro atoms. The van der Waals surface area contributed by atoms with Crippen LogP contribution in [-0.4, -0.2) is 93.2 Å². The Morgan fingerprint density at radius 2 is 1.76 bits per heavy atom.